The summed E-state index contributed by atoms with van der Waals surface area (Å²) in [5, 5.41) is 0. The molecule has 1 rings (SSSR count). The van der Waals surface area contributed by atoms with Gasteiger partial charge in [-0.25, -0.2) is 9.97 Å². The van der Waals surface area contributed by atoms with Crippen LogP contribution in [0.15, 0.2) is 12.4 Å². The topological polar surface area (TPSA) is 70.3 Å². The zero-order valence-electron chi connectivity index (χ0n) is 9.18. The quantitative estimate of drug-likeness (QED) is 0.565. The summed E-state index contributed by atoms with van der Waals surface area (Å²) in [7, 11) is 0. The van der Waals surface area contributed by atoms with Crippen molar-refractivity contribution >= 4 is 17.2 Å². The van der Waals surface area contributed by atoms with E-state index in [4.69, 9.17) is 27.4 Å². The van der Waals surface area contributed by atoms with E-state index in [9.17, 15) is 0 Å². The number of hydrogen-bond acceptors (Lipinski definition) is 5. The number of hydrogen-bond donors (Lipinski definition) is 1. The molecule has 6 heteroatoms. The smallest absolute Gasteiger partial charge is 0.243 e. The Balaban J connectivity index is 2.44. The summed E-state index contributed by atoms with van der Waals surface area (Å²) in [5.74, 6) is 0.357. The van der Waals surface area contributed by atoms with Gasteiger partial charge in [-0.1, -0.05) is 19.1 Å². The minimum Gasteiger partial charge on any atom is -0.474 e. The third kappa shape index (κ3) is 4.08. The van der Waals surface area contributed by atoms with Crippen molar-refractivity contribution in [1.29, 1.82) is 0 Å². The van der Waals surface area contributed by atoms with E-state index < -0.39 is 0 Å². The average Bonchev–Trinajstić information content (AvgIpc) is 2.29. The first kappa shape index (κ1) is 12.8. The van der Waals surface area contributed by atoms with Crippen molar-refractivity contribution in [2.75, 3.05) is 19.8 Å². The Labute approximate surface area is 100.0 Å². The molecular weight excluding hydrogens is 226 g/mol. The fraction of sp³-hybridized carbons (Fsp3) is 0.500. The highest BCUT2D eigenvalue weighted by molar-refractivity contribution is 7.80. The molecule has 16 heavy (non-hydrogen) atoms. The second kappa shape index (κ2) is 7.08. The molecule has 0 radical (unpaired) electrons. The monoisotopic (exact) mass is 241 g/mol. The molecule has 0 saturated carbocycles. The molecule has 0 aliphatic heterocycles. The van der Waals surface area contributed by atoms with Crippen molar-refractivity contribution in [3.8, 4) is 5.88 Å². The van der Waals surface area contributed by atoms with Crippen LogP contribution in [0.4, 0.5) is 0 Å². The van der Waals surface area contributed by atoms with Crippen molar-refractivity contribution in [2.45, 2.75) is 13.3 Å². The van der Waals surface area contributed by atoms with Gasteiger partial charge in [-0.15, -0.1) is 0 Å². The van der Waals surface area contributed by atoms with Gasteiger partial charge in [0.2, 0.25) is 5.88 Å². The van der Waals surface area contributed by atoms with E-state index in [0.717, 1.165) is 13.0 Å². The van der Waals surface area contributed by atoms with Crippen LogP contribution >= 0.6 is 12.2 Å². The molecule has 0 aliphatic rings. The molecule has 0 fully saturated rings. The summed E-state index contributed by atoms with van der Waals surface area (Å²) in [4.78, 5) is 8.19. The van der Waals surface area contributed by atoms with E-state index in [0.29, 0.717) is 24.8 Å². The highest BCUT2D eigenvalue weighted by Crippen LogP contribution is 2.10. The van der Waals surface area contributed by atoms with Crippen molar-refractivity contribution in [3.63, 3.8) is 0 Å². The summed E-state index contributed by atoms with van der Waals surface area (Å²) < 4.78 is 10.6. The molecule has 2 N–H and O–H groups in total. The van der Waals surface area contributed by atoms with Gasteiger partial charge in [0.25, 0.3) is 0 Å². The van der Waals surface area contributed by atoms with E-state index in [1.54, 1.807) is 0 Å². The predicted octanol–water partition coefficient (Wildman–Crippen LogP) is 0.916. The standard InChI is InChI=1S/C10H15N3O2S/c1-2-5-14-6-7-15-10-8(9(11)16)12-3-4-13-10/h3-4H,2,5-7H2,1H3,(H2,11,16). The van der Waals surface area contributed by atoms with E-state index in [-0.39, 0.29) is 4.99 Å². The Morgan fingerprint density at radius 1 is 1.31 bits per heavy atom. The molecule has 0 bridgehead atoms. The third-order valence-electron chi connectivity index (χ3n) is 1.71. The average molecular weight is 241 g/mol. The zero-order chi connectivity index (χ0) is 11.8. The molecular formula is C10H15N3O2S. The van der Waals surface area contributed by atoms with Gasteiger partial charge in [-0.05, 0) is 6.42 Å². The lowest BCUT2D eigenvalue weighted by molar-refractivity contribution is 0.0988. The third-order valence-corrected chi connectivity index (χ3v) is 1.91. The van der Waals surface area contributed by atoms with Crippen LogP contribution in [0, 0.1) is 0 Å². The normalized spacial score (nSPS) is 10.1. The molecule has 5 nitrogen and oxygen atoms in total. The van der Waals surface area contributed by atoms with Crippen molar-refractivity contribution < 1.29 is 9.47 Å². The van der Waals surface area contributed by atoms with Crippen molar-refractivity contribution in [3.05, 3.63) is 18.1 Å². The first-order chi connectivity index (χ1) is 7.75. The Bertz CT molecular complexity index is 347. The van der Waals surface area contributed by atoms with Crippen LogP contribution < -0.4 is 10.5 Å². The minimum atomic E-state index is 0.178. The summed E-state index contributed by atoms with van der Waals surface area (Å²) >= 11 is 4.83. The molecule has 0 aromatic carbocycles. The van der Waals surface area contributed by atoms with Gasteiger partial charge in [0.1, 0.15) is 11.6 Å². The van der Waals surface area contributed by atoms with E-state index in [2.05, 4.69) is 16.9 Å². The summed E-state index contributed by atoms with van der Waals surface area (Å²) in [6, 6.07) is 0. The molecule has 1 aromatic heterocycles. The molecule has 0 unspecified atom stereocenters. The van der Waals surface area contributed by atoms with Crippen molar-refractivity contribution in [2.24, 2.45) is 5.73 Å². The Kier molecular flexibility index (Phi) is 5.66. The van der Waals surface area contributed by atoms with Crippen LogP contribution in [-0.4, -0.2) is 34.8 Å². The lowest BCUT2D eigenvalue weighted by atomic mass is 10.4. The van der Waals surface area contributed by atoms with Gasteiger partial charge < -0.3 is 15.2 Å². The Morgan fingerprint density at radius 3 is 2.75 bits per heavy atom. The van der Waals surface area contributed by atoms with Gasteiger partial charge >= 0.3 is 0 Å². The maximum absolute atomic E-state index is 5.48. The molecule has 0 atom stereocenters. The number of ether oxygens (including phenoxy) is 2. The van der Waals surface area contributed by atoms with Gasteiger partial charge in [0.15, 0.2) is 5.69 Å². The maximum Gasteiger partial charge on any atom is 0.243 e. The molecule has 1 heterocycles. The number of thiocarbonyl (C=S) groups is 1. The first-order valence-electron chi connectivity index (χ1n) is 5.07. The second-order valence-electron chi connectivity index (χ2n) is 3.04. The van der Waals surface area contributed by atoms with E-state index >= 15 is 0 Å². The van der Waals surface area contributed by atoms with Gasteiger partial charge in [0, 0.05) is 19.0 Å². The van der Waals surface area contributed by atoms with Crippen LogP contribution in [0.1, 0.15) is 19.0 Å². The van der Waals surface area contributed by atoms with Crippen LogP contribution in [0.25, 0.3) is 0 Å². The van der Waals surface area contributed by atoms with Crippen LogP contribution in [0.5, 0.6) is 5.88 Å². The molecule has 1 aromatic rings. The van der Waals surface area contributed by atoms with Crippen LogP contribution in [0.2, 0.25) is 0 Å². The maximum atomic E-state index is 5.48. The van der Waals surface area contributed by atoms with Crippen LogP contribution in [-0.2, 0) is 4.74 Å². The van der Waals surface area contributed by atoms with Gasteiger partial charge in [0.05, 0.1) is 6.61 Å². The first-order valence-corrected chi connectivity index (χ1v) is 5.48. The molecule has 0 saturated heterocycles. The second-order valence-corrected chi connectivity index (χ2v) is 3.48. The van der Waals surface area contributed by atoms with Gasteiger partial charge in [-0.2, -0.15) is 0 Å². The number of nitrogens with zero attached hydrogens (tertiary/aromatic N) is 2. The molecule has 0 aliphatic carbocycles. The fourth-order valence-corrected chi connectivity index (χ4v) is 1.18. The molecule has 0 spiro atoms. The lowest BCUT2D eigenvalue weighted by Gasteiger charge is -2.08. The van der Waals surface area contributed by atoms with E-state index in [1.165, 1.54) is 12.4 Å². The largest absolute Gasteiger partial charge is 0.474 e. The van der Waals surface area contributed by atoms with Gasteiger partial charge in [-0.3, -0.25) is 0 Å². The lowest BCUT2D eigenvalue weighted by Crippen LogP contribution is -2.16. The number of nitrogens with two attached hydrogens (primary N) is 1. The summed E-state index contributed by atoms with van der Waals surface area (Å²) in [6.45, 7) is 3.70. The zero-order valence-corrected chi connectivity index (χ0v) is 10.00. The summed E-state index contributed by atoms with van der Waals surface area (Å²) in [6.07, 6.45) is 4.04. The minimum absolute atomic E-state index is 0.178. The summed E-state index contributed by atoms with van der Waals surface area (Å²) in [5.41, 5.74) is 5.89. The van der Waals surface area contributed by atoms with Crippen LogP contribution in [0.3, 0.4) is 0 Å². The number of rotatable bonds is 7. The molecule has 88 valence electrons. The highest BCUT2D eigenvalue weighted by Gasteiger charge is 2.08. The van der Waals surface area contributed by atoms with E-state index in [1.807, 2.05) is 0 Å². The SMILES string of the molecule is CCCOCCOc1nccnc1C(N)=S. The Hall–Kier alpha value is -1.27. The molecule has 0 amide bonds. The Morgan fingerprint density at radius 2 is 2.06 bits per heavy atom. The fourth-order valence-electron chi connectivity index (χ4n) is 1.04. The van der Waals surface area contributed by atoms with Crippen molar-refractivity contribution in [1.82, 2.24) is 9.97 Å². The predicted molar refractivity (Wildman–Crippen MR) is 64.5 cm³/mol. The highest BCUT2D eigenvalue weighted by atomic mass is 32.1. The number of aromatic nitrogens is 2.